The largest absolute Gasteiger partial charge is 0.444 e. The highest BCUT2D eigenvalue weighted by Crippen LogP contribution is 2.41. The minimum absolute atomic E-state index is 0.0511. The molecule has 2 rings (SSSR count). The number of hydrogen-bond acceptors (Lipinski definition) is 3. The molecule has 2 amide bonds. The summed E-state index contributed by atoms with van der Waals surface area (Å²) in [5.41, 5.74) is -1.45. The Morgan fingerprint density at radius 3 is 2.17 bits per heavy atom. The van der Waals surface area contributed by atoms with Crippen molar-refractivity contribution in [2.24, 2.45) is 5.92 Å². The van der Waals surface area contributed by atoms with Crippen molar-refractivity contribution in [1.29, 1.82) is 0 Å². The van der Waals surface area contributed by atoms with Crippen LogP contribution in [0.25, 0.3) is 0 Å². The number of ether oxygens (including phenoxy) is 1. The highest BCUT2D eigenvalue weighted by molar-refractivity contribution is 5.78. The smallest absolute Gasteiger partial charge is 0.407 e. The summed E-state index contributed by atoms with van der Waals surface area (Å²) in [6.07, 6.45) is -4.19. The molecule has 0 radical (unpaired) electrons. The quantitative estimate of drug-likeness (QED) is 0.689. The van der Waals surface area contributed by atoms with Crippen LogP contribution in [-0.4, -0.2) is 35.9 Å². The van der Waals surface area contributed by atoms with Gasteiger partial charge >= 0.3 is 12.3 Å². The van der Waals surface area contributed by atoms with E-state index < -0.39 is 41.7 Å². The summed E-state index contributed by atoms with van der Waals surface area (Å²) in [6.45, 7) is 7.02. The summed E-state index contributed by atoms with van der Waals surface area (Å²) in [7, 11) is 0. The highest BCUT2D eigenvalue weighted by Gasteiger charge is 2.46. The van der Waals surface area contributed by atoms with E-state index >= 15 is 0 Å². The maximum Gasteiger partial charge on any atom is 0.407 e. The van der Waals surface area contributed by atoms with Crippen molar-refractivity contribution in [3.05, 3.63) is 35.9 Å². The summed E-state index contributed by atoms with van der Waals surface area (Å²) >= 11 is 0. The molecular weight excluding hydrogens is 385 g/mol. The number of nitrogens with one attached hydrogen (secondary N) is 2. The highest BCUT2D eigenvalue weighted by atomic mass is 19.4. The van der Waals surface area contributed by atoms with Gasteiger partial charge in [0.2, 0.25) is 5.91 Å². The van der Waals surface area contributed by atoms with Crippen molar-refractivity contribution in [3.63, 3.8) is 0 Å². The summed E-state index contributed by atoms with van der Waals surface area (Å²) in [4.78, 5) is 24.5. The van der Waals surface area contributed by atoms with Crippen molar-refractivity contribution in [2.45, 2.75) is 70.2 Å². The average Bonchev–Trinajstić information content (AvgIpc) is 3.42. The fourth-order valence-corrected chi connectivity index (χ4v) is 3.24. The summed E-state index contributed by atoms with van der Waals surface area (Å²) in [5.74, 6) is -2.48. The maximum atomic E-state index is 13.5. The van der Waals surface area contributed by atoms with Crippen LogP contribution >= 0.6 is 0 Å². The Morgan fingerprint density at radius 2 is 1.69 bits per heavy atom. The molecule has 29 heavy (non-hydrogen) atoms. The average molecular weight is 414 g/mol. The van der Waals surface area contributed by atoms with Crippen molar-refractivity contribution < 1.29 is 27.5 Å². The van der Waals surface area contributed by atoms with E-state index in [1.54, 1.807) is 33.8 Å². The fraction of sp³-hybridized carbons (Fsp3) is 0.619. The number of rotatable bonds is 7. The van der Waals surface area contributed by atoms with E-state index in [2.05, 4.69) is 10.6 Å². The first-order valence-corrected chi connectivity index (χ1v) is 9.70. The van der Waals surface area contributed by atoms with E-state index in [0.29, 0.717) is 0 Å². The molecular formula is C21H29F3N2O3. The number of benzene rings is 1. The van der Waals surface area contributed by atoms with Crippen molar-refractivity contribution in [1.82, 2.24) is 10.6 Å². The topological polar surface area (TPSA) is 67.4 Å². The predicted molar refractivity (Wildman–Crippen MR) is 103 cm³/mol. The zero-order valence-corrected chi connectivity index (χ0v) is 17.2. The van der Waals surface area contributed by atoms with Gasteiger partial charge in [0.25, 0.3) is 0 Å². The van der Waals surface area contributed by atoms with Crippen LogP contribution in [0.5, 0.6) is 0 Å². The summed E-state index contributed by atoms with van der Waals surface area (Å²) in [6, 6.07) is 7.41. The normalized spacial score (nSPS) is 17.8. The van der Waals surface area contributed by atoms with Gasteiger partial charge in [0.1, 0.15) is 5.60 Å². The van der Waals surface area contributed by atoms with Crippen LogP contribution in [0.1, 0.15) is 58.4 Å². The SMILES string of the molecule is CC(C)(C)OC(=O)NCC(C)(NC(=O)CC(c1ccccc1)C(F)(F)F)C1CC1. The Bertz CT molecular complexity index is 712. The lowest BCUT2D eigenvalue weighted by molar-refractivity contribution is -0.157. The van der Waals surface area contributed by atoms with Gasteiger partial charge in [-0.15, -0.1) is 0 Å². The van der Waals surface area contributed by atoms with E-state index in [1.807, 2.05) is 0 Å². The number of alkyl carbamates (subject to hydrolysis) is 1. The molecule has 0 heterocycles. The monoisotopic (exact) mass is 414 g/mol. The molecule has 1 saturated carbocycles. The van der Waals surface area contributed by atoms with Crippen molar-refractivity contribution in [2.75, 3.05) is 6.54 Å². The Hall–Kier alpha value is -2.25. The molecule has 0 bridgehead atoms. The van der Waals surface area contributed by atoms with Gasteiger partial charge in [-0.1, -0.05) is 30.3 Å². The van der Waals surface area contributed by atoms with E-state index in [0.717, 1.165) is 12.8 Å². The lowest BCUT2D eigenvalue weighted by Gasteiger charge is -2.33. The zero-order valence-electron chi connectivity index (χ0n) is 17.2. The van der Waals surface area contributed by atoms with Crippen LogP contribution in [0.4, 0.5) is 18.0 Å². The molecule has 162 valence electrons. The molecule has 1 fully saturated rings. The molecule has 0 aliphatic heterocycles. The van der Waals surface area contributed by atoms with Gasteiger partial charge in [-0.25, -0.2) is 4.79 Å². The van der Waals surface area contributed by atoms with Gasteiger partial charge in [0, 0.05) is 13.0 Å². The Balaban J connectivity index is 2.03. The predicted octanol–water partition coefficient (Wildman–Crippen LogP) is 4.53. The number of carbonyl (C=O) groups excluding carboxylic acids is 2. The van der Waals surface area contributed by atoms with Gasteiger partial charge < -0.3 is 15.4 Å². The standard InChI is InChI=1S/C21H29F3N2O3/c1-19(2,3)29-18(28)25-13-20(4,15-10-11-15)26-17(27)12-16(21(22,23)24)14-8-6-5-7-9-14/h5-9,15-16H,10-13H2,1-4H3,(H,25,28)(H,26,27). The van der Waals surface area contributed by atoms with Crippen LogP contribution in [0.3, 0.4) is 0 Å². The molecule has 2 atom stereocenters. The first-order valence-electron chi connectivity index (χ1n) is 9.70. The van der Waals surface area contributed by atoms with Gasteiger partial charge in [0.15, 0.2) is 0 Å². The molecule has 2 N–H and O–H groups in total. The third-order valence-corrected chi connectivity index (χ3v) is 4.89. The molecule has 0 spiro atoms. The van der Waals surface area contributed by atoms with Gasteiger partial charge in [-0.2, -0.15) is 13.2 Å². The Morgan fingerprint density at radius 1 is 1.10 bits per heavy atom. The second-order valence-corrected chi connectivity index (χ2v) is 8.80. The number of hydrogen-bond donors (Lipinski definition) is 2. The van der Waals surface area contributed by atoms with E-state index in [4.69, 9.17) is 4.74 Å². The van der Waals surface area contributed by atoms with Crippen LogP contribution in [-0.2, 0) is 9.53 Å². The molecule has 1 aliphatic carbocycles. The summed E-state index contributed by atoms with van der Waals surface area (Å²) in [5, 5.41) is 5.36. The third kappa shape index (κ3) is 7.25. The minimum atomic E-state index is -4.54. The van der Waals surface area contributed by atoms with Crippen molar-refractivity contribution >= 4 is 12.0 Å². The molecule has 5 nitrogen and oxygen atoms in total. The first kappa shape index (κ1) is 23.0. The first-order chi connectivity index (χ1) is 13.3. The second kappa shape index (κ2) is 8.63. The maximum absolute atomic E-state index is 13.5. The lowest BCUT2D eigenvalue weighted by Crippen LogP contribution is -2.56. The molecule has 0 aromatic heterocycles. The van der Waals surface area contributed by atoms with Crippen LogP contribution in [0, 0.1) is 5.92 Å². The van der Waals surface area contributed by atoms with Gasteiger partial charge in [-0.3, -0.25) is 4.79 Å². The lowest BCUT2D eigenvalue weighted by atomic mass is 9.92. The summed E-state index contributed by atoms with van der Waals surface area (Å²) < 4.78 is 45.8. The number of alkyl halides is 3. The number of amides is 2. The fourth-order valence-electron chi connectivity index (χ4n) is 3.24. The van der Waals surface area contributed by atoms with Crippen molar-refractivity contribution in [3.8, 4) is 0 Å². The number of halogens is 3. The molecule has 8 heteroatoms. The molecule has 2 unspecified atom stereocenters. The minimum Gasteiger partial charge on any atom is -0.444 e. The Kier molecular flexibility index (Phi) is 6.86. The zero-order chi connectivity index (χ0) is 21.9. The van der Waals surface area contributed by atoms with E-state index in [1.165, 1.54) is 24.3 Å². The second-order valence-electron chi connectivity index (χ2n) is 8.80. The third-order valence-electron chi connectivity index (χ3n) is 4.89. The Labute approximate surface area is 169 Å². The number of carbonyl (C=O) groups is 2. The van der Waals surface area contributed by atoms with Gasteiger partial charge in [0.05, 0.1) is 11.5 Å². The van der Waals surface area contributed by atoms with E-state index in [9.17, 15) is 22.8 Å². The molecule has 1 aromatic carbocycles. The molecule has 1 aliphatic rings. The van der Waals surface area contributed by atoms with Crippen LogP contribution in [0.2, 0.25) is 0 Å². The van der Waals surface area contributed by atoms with Crippen LogP contribution < -0.4 is 10.6 Å². The molecule has 0 saturated heterocycles. The van der Waals surface area contributed by atoms with Crippen LogP contribution in [0.15, 0.2) is 30.3 Å². The van der Waals surface area contributed by atoms with Gasteiger partial charge in [-0.05, 0) is 52.0 Å². The molecule has 1 aromatic rings. The van der Waals surface area contributed by atoms with E-state index in [-0.39, 0.29) is 18.0 Å².